The molecule has 0 aromatic rings. The highest BCUT2D eigenvalue weighted by atomic mass is 16.2. The molecule has 1 heterocycles. The van der Waals surface area contributed by atoms with Crippen molar-refractivity contribution >= 4 is 5.91 Å². The molecule has 14 heavy (non-hydrogen) atoms. The van der Waals surface area contributed by atoms with Crippen molar-refractivity contribution in [1.82, 2.24) is 10.2 Å². The lowest BCUT2D eigenvalue weighted by molar-refractivity contribution is -0.136. The largest absolute Gasteiger partial charge is 0.340 e. The fourth-order valence-electron chi connectivity index (χ4n) is 1.82. The molecule has 0 bridgehead atoms. The van der Waals surface area contributed by atoms with Gasteiger partial charge in [-0.15, -0.1) is 0 Å². The molecule has 1 fully saturated rings. The number of nitrogens with one attached hydrogen (secondary N) is 1. The van der Waals surface area contributed by atoms with Crippen molar-refractivity contribution in [1.29, 1.82) is 5.26 Å². The van der Waals surface area contributed by atoms with E-state index in [9.17, 15) is 4.79 Å². The minimum atomic E-state index is -0.296. The van der Waals surface area contributed by atoms with Crippen LogP contribution < -0.4 is 5.32 Å². The van der Waals surface area contributed by atoms with E-state index in [1.54, 1.807) is 0 Å². The van der Waals surface area contributed by atoms with Gasteiger partial charge in [0.15, 0.2) is 0 Å². The highest BCUT2D eigenvalue weighted by Gasteiger charge is 2.30. The van der Waals surface area contributed by atoms with Gasteiger partial charge in [0.2, 0.25) is 5.91 Å². The summed E-state index contributed by atoms with van der Waals surface area (Å²) in [7, 11) is 0. The second-order valence-electron chi connectivity index (χ2n) is 3.77. The molecule has 0 radical (unpaired) electrons. The SMILES string of the molecule is CCCN1CC(C)NC(CC#N)C1=O. The highest BCUT2D eigenvalue weighted by molar-refractivity contribution is 5.83. The molecule has 1 amide bonds. The van der Waals surface area contributed by atoms with Gasteiger partial charge in [0.25, 0.3) is 0 Å². The molecule has 4 heteroatoms. The third-order valence-corrected chi connectivity index (χ3v) is 2.38. The molecule has 78 valence electrons. The number of carbonyl (C=O) groups excluding carboxylic acids is 1. The van der Waals surface area contributed by atoms with Crippen LogP contribution in [-0.4, -0.2) is 36.0 Å². The minimum absolute atomic E-state index is 0.0755. The van der Waals surface area contributed by atoms with Crippen LogP contribution in [0.3, 0.4) is 0 Å². The first kappa shape index (κ1) is 11.0. The molecule has 1 aliphatic heterocycles. The van der Waals surface area contributed by atoms with Crippen molar-refractivity contribution in [3.05, 3.63) is 0 Å². The van der Waals surface area contributed by atoms with Crippen LogP contribution in [0.2, 0.25) is 0 Å². The topological polar surface area (TPSA) is 56.1 Å². The maximum atomic E-state index is 11.8. The zero-order valence-corrected chi connectivity index (χ0v) is 8.79. The van der Waals surface area contributed by atoms with Crippen LogP contribution in [-0.2, 0) is 4.79 Å². The molecular formula is C10H17N3O. The summed E-state index contributed by atoms with van der Waals surface area (Å²) in [4.78, 5) is 13.6. The Hall–Kier alpha value is -1.08. The van der Waals surface area contributed by atoms with Crippen molar-refractivity contribution in [3.63, 3.8) is 0 Å². The minimum Gasteiger partial charge on any atom is -0.340 e. The van der Waals surface area contributed by atoms with E-state index in [2.05, 4.69) is 12.2 Å². The van der Waals surface area contributed by atoms with Gasteiger partial charge in [0.1, 0.15) is 6.04 Å². The van der Waals surface area contributed by atoms with Crippen LogP contribution in [0.15, 0.2) is 0 Å². The molecular weight excluding hydrogens is 178 g/mol. The van der Waals surface area contributed by atoms with E-state index in [4.69, 9.17) is 5.26 Å². The van der Waals surface area contributed by atoms with Gasteiger partial charge in [0, 0.05) is 19.1 Å². The Morgan fingerprint density at radius 2 is 2.43 bits per heavy atom. The van der Waals surface area contributed by atoms with Crippen LogP contribution in [0, 0.1) is 11.3 Å². The van der Waals surface area contributed by atoms with E-state index in [-0.39, 0.29) is 24.4 Å². The molecule has 4 nitrogen and oxygen atoms in total. The van der Waals surface area contributed by atoms with Gasteiger partial charge >= 0.3 is 0 Å². The summed E-state index contributed by atoms with van der Waals surface area (Å²) >= 11 is 0. The van der Waals surface area contributed by atoms with Crippen molar-refractivity contribution < 1.29 is 4.79 Å². The number of nitriles is 1. The van der Waals surface area contributed by atoms with Crippen LogP contribution in [0.1, 0.15) is 26.7 Å². The van der Waals surface area contributed by atoms with E-state index in [0.717, 1.165) is 19.5 Å². The van der Waals surface area contributed by atoms with Gasteiger partial charge in [-0.1, -0.05) is 6.92 Å². The molecule has 1 N–H and O–H groups in total. The number of nitrogens with zero attached hydrogens (tertiary/aromatic N) is 2. The summed E-state index contributed by atoms with van der Waals surface area (Å²) in [5.41, 5.74) is 0. The molecule has 0 saturated carbocycles. The normalized spacial score (nSPS) is 27.5. The third kappa shape index (κ3) is 2.46. The van der Waals surface area contributed by atoms with E-state index in [0.29, 0.717) is 0 Å². The fraction of sp³-hybridized carbons (Fsp3) is 0.800. The first-order chi connectivity index (χ1) is 6.69. The molecule has 0 spiro atoms. The Morgan fingerprint density at radius 1 is 1.71 bits per heavy atom. The maximum absolute atomic E-state index is 11.8. The van der Waals surface area contributed by atoms with Crippen LogP contribution in [0.4, 0.5) is 0 Å². The van der Waals surface area contributed by atoms with E-state index >= 15 is 0 Å². The zero-order chi connectivity index (χ0) is 10.6. The molecule has 2 atom stereocenters. The summed E-state index contributed by atoms with van der Waals surface area (Å²) in [6.45, 7) is 5.65. The summed E-state index contributed by atoms with van der Waals surface area (Å²) in [5.74, 6) is 0.0755. The van der Waals surface area contributed by atoms with Gasteiger partial charge in [0.05, 0.1) is 12.5 Å². The summed E-state index contributed by atoms with van der Waals surface area (Å²) in [6.07, 6.45) is 1.24. The first-order valence-corrected chi connectivity index (χ1v) is 5.10. The number of hydrogen-bond donors (Lipinski definition) is 1. The number of carbonyl (C=O) groups is 1. The first-order valence-electron chi connectivity index (χ1n) is 5.10. The Bertz CT molecular complexity index is 246. The van der Waals surface area contributed by atoms with Gasteiger partial charge in [-0.25, -0.2) is 0 Å². The second-order valence-corrected chi connectivity index (χ2v) is 3.77. The number of hydrogen-bond acceptors (Lipinski definition) is 3. The molecule has 2 unspecified atom stereocenters. The Balaban J connectivity index is 2.61. The number of amides is 1. The third-order valence-electron chi connectivity index (χ3n) is 2.38. The lowest BCUT2D eigenvalue weighted by Gasteiger charge is -2.36. The number of piperazine rings is 1. The quantitative estimate of drug-likeness (QED) is 0.713. The summed E-state index contributed by atoms with van der Waals surface area (Å²) in [5, 5.41) is 11.7. The Morgan fingerprint density at radius 3 is 3.00 bits per heavy atom. The zero-order valence-electron chi connectivity index (χ0n) is 8.79. The standard InChI is InChI=1S/C10H17N3O/c1-3-6-13-7-8(2)12-9(4-5-11)10(13)14/h8-9,12H,3-4,6-7H2,1-2H3. The van der Waals surface area contributed by atoms with E-state index in [1.807, 2.05) is 17.9 Å². The fourth-order valence-corrected chi connectivity index (χ4v) is 1.82. The van der Waals surface area contributed by atoms with Gasteiger partial charge in [-0.2, -0.15) is 5.26 Å². The van der Waals surface area contributed by atoms with E-state index < -0.39 is 0 Å². The number of rotatable bonds is 3. The van der Waals surface area contributed by atoms with Gasteiger partial charge < -0.3 is 10.2 Å². The molecule has 0 aromatic heterocycles. The smallest absolute Gasteiger partial charge is 0.240 e. The lowest BCUT2D eigenvalue weighted by Crippen LogP contribution is -2.59. The summed E-state index contributed by atoms with van der Waals surface area (Å²) in [6, 6.07) is 2.03. The lowest BCUT2D eigenvalue weighted by atomic mass is 10.1. The predicted molar refractivity (Wildman–Crippen MR) is 53.5 cm³/mol. The van der Waals surface area contributed by atoms with Gasteiger partial charge in [-0.05, 0) is 13.3 Å². The maximum Gasteiger partial charge on any atom is 0.240 e. The van der Waals surface area contributed by atoms with Crippen molar-refractivity contribution in [2.45, 2.75) is 38.8 Å². The molecule has 1 rings (SSSR count). The average Bonchev–Trinajstić information content (AvgIpc) is 2.14. The Kier molecular flexibility index (Phi) is 3.90. The predicted octanol–water partition coefficient (Wildman–Crippen LogP) is 0.499. The molecule has 0 aromatic carbocycles. The van der Waals surface area contributed by atoms with Crippen molar-refractivity contribution in [2.24, 2.45) is 0 Å². The van der Waals surface area contributed by atoms with E-state index in [1.165, 1.54) is 0 Å². The van der Waals surface area contributed by atoms with Crippen molar-refractivity contribution in [2.75, 3.05) is 13.1 Å². The van der Waals surface area contributed by atoms with Gasteiger partial charge in [-0.3, -0.25) is 4.79 Å². The highest BCUT2D eigenvalue weighted by Crippen LogP contribution is 2.08. The van der Waals surface area contributed by atoms with Crippen LogP contribution >= 0.6 is 0 Å². The second kappa shape index (κ2) is 4.97. The molecule has 1 saturated heterocycles. The average molecular weight is 195 g/mol. The Labute approximate surface area is 84.9 Å². The van der Waals surface area contributed by atoms with Crippen molar-refractivity contribution in [3.8, 4) is 6.07 Å². The molecule has 0 aliphatic carbocycles. The summed E-state index contributed by atoms with van der Waals surface area (Å²) < 4.78 is 0. The monoisotopic (exact) mass is 195 g/mol. The van der Waals surface area contributed by atoms with Crippen LogP contribution in [0.5, 0.6) is 0 Å². The molecule has 1 aliphatic rings. The van der Waals surface area contributed by atoms with Crippen LogP contribution in [0.25, 0.3) is 0 Å².